The van der Waals surface area contributed by atoms with Crippen LogP contribution in [-0.2, 0) is 104 Å². The number of aromatic hydroxyl groups is 1. The van der Waals surface area contributed by atoms with Crippen molar-refractivity contribution in [2.24, 2.45) is 23.1 Å². The van der Waals surface area contributed by atoms with Gasteiger partial charge in [0, 0.05) is 32.2 Å². The van der Waals surface area contributed by atoms with Crippen molar-refractivity contribution in [3.8, 4) is 5.75 Å². The smallest absolute Gasteiger partial charge is 0.326 e. The Morgan fingerprint density at radius 1 is 0.421 bits per heavy atom. The summed E-state index contributed by atoms with van der Waals surface area (Å²) in [5.41, 5.74) is 17.0. The Labute approximate surface area is 608 Å². The third-order valence-electron chi connectivity index (χ3n) is 15.9. The van der Waals surface area contributed by atoms with Gasteiger partial charge in [0.1, 0.15) is 84.3 Å². The van der Waals surface area contributed by atoms with Gasteiger partial charge in [-0.3, -0.25) is 86.3 Å². The summed E-state index contributed by atoms with van der Waals surface area (Å²) in [4.78, 5) is 250. The summed E-state index contributed by atoms with van der Waals surface area (Å²) in [5, 5.41) is 112. The maximum absolute atomic E-state index is 14.3. The van der Waals surface area contributed by atoms with E-state index in [2.05, 4.69) is 37.2 Å². The number of benzene rings is 2. The van der Waals surface area contributed by atoms with Gasteiger partial charge in [-0.15, -0.1) is 0 Å². The molecule has 1 saturated heterocycles. The number of aliphatic carboxylic acids is 5. The molecule has 13 atom stereocenters. The largest absolute Gasteiger partial charge is 0.508 e. The number of nitrogens with two attached hydrogens (primary N) is 3. The highest BCUT2D eigenvalue weighted by molar-refractivity contribution is 6.02. The number of primary amides is 2. The lowest BCUT2D eigenvalue weighted by atomic mass is 10.00. The summed E-state index contributed by atoms with van der Waals surface area (Å²) in [6, 6.07) is -11.6. The van der Waals surface area contributed by atoms with Crippen molar-refractivity contribution in [2.45, 2.75) is 176 Å². The van der Waals surface area contributed by atoms with Gasteiger partial charge < -0.3 is 127 Å². The molecule has 0 unspecified atom stereocenters. The minimum Gasteiger partial charge on any atom is -0.508 e. The van der Waals surface area contributed by atoms with Crippen LogP contribution >= 0.6 is 0 Å². The van der Waals surface area contributed by atoms with Crippen LogP contribution in [-0.4, -0.2) is 268 Å². The molecule has 2 aromatic rings. The first-order chi connectivity index (χ1) is 50.3. The van der Waals surface area contributed by atoms with Crippen molar-refractivity contribution in [3.63, 3.8) is 0 Å². The lowest BCUT2D eigenvalue weighted by Gasteiger charge is -2.30. The Kier molecular flexibility index (Phi) is 36.7. The van der Waals surface area contributed by atoms with E-state index in [4.69, 9.17) is 17.2 Å². The predicted octanol–water partition coefficient (Wildman–Crippen LogP) is -9.63. The number of hydrogen-bond donors (Lipinski definition) is 23. The standard InChI is InChI=1S/C64H89N15O28/c1-29(2)19-36(71-57(99)37(70-52(94)33(65)26-80)21-31-10-12-32(83)13-11-31)55(97)68-34(14-16-46(66)84)53(95)73-39(22-48(86)87)58(100)78-44(28-82)61(103)75-41(24-50(90)91)63(105)79-18-6-9-45(79)62(104)74-40(23-49(88)89)59(101)77-43(27-81)60(102)72-38(20-30-7-4-3-5-8-30)56(98)69-35(15-17-47(67)85)54(96)76-42(64(106)107)25-51(92)93/h3-5,7-8,10-13,29,33-45,80-83H,6,9,14-28,65H2,1-2H3,(H2,66,84)(H2,67,85)(H,68,97)(H,69,98)(H,70,94)(H,71,99)(H,72,102)(H,73,95)(H,74,104)(H,75,103)(H,76,96)(H,77,101)(H,78,100)(H,86,87)(H,88,89)(H,90,91)(H,92,93)(H,106,107)/t33-,34-,35-,36-,37-,38-,39-,40-,41-,42-,43-,44-,45-/m0/s1. The van der Waals surface area contributed by atoms with E-state index in [1.165, 1.54) is 48.5 Å². The van der Waals surface area contributed by atoms with Crippen LogP contribution in [0.3, 0.4) is 0 Å². The summed E-state index contributed by atoms with van der Waals surface area (Å²) < 4.78 is 0. The number of rotatable bonds is 47. The number of carbonyl (C=O) groups is 19. The average molecular weight is 1520 g/mol. The van der Waals surface area contributed by atoms with Crippen LogP contribution in [0.2, 0.25) is 0 Å². The molecule has 0 bridgehead atoms. The van der Waals surface area contributed by atoms with Crippen LogP contribution in [0.25, 0.3) is 0 Å². The molecule has 107 heavy (non-hydrogen) atoms. The number of carboxylic acid groups (broad SMARTS) is 5. The molecule has 0 aliphatic carbocycles. The van der Waals surface area contributed by atoms with Gasteiger partial charge in [-0.1, -0.05) is 56.3 Å². The highest BCUT2D eigenvalue weighted by atomic mass is 16.4. The molecule has 1 aliphatic heterocycles. The zero-order valence-electron chi connectivity index (χ0n) is 57.8. The fourth-order valence-corrected chi connectivity index (χ4v) is 10.4. The molecule has 1 fully saturated rings. The number of carbonyl (C=O) groups excluding carboxylic acids is 14. The van der Waals surface area contributed by atoms with Crippen LogP contribution in [0.5, 0.6) is 5.75 Å². The fourth-order valence-electron chi connectivity index (χ4n) is 10.4. The molecule has 0 radical (unpaired) electrons. The molecule has 588 valence electrons. The predicted molar refractivity (Wildman–Crippen MR) is 360 cm³/mol. The number of nitrogens with one attached hydrogen (secondary N) is 11. The Balaban J connectivity index is 1.86. The van der Waals surface area contributed by atoms with Gasteiger partial charge in [-0.05, 0) is 61.3 Å². The number of likely N-dealkylation sites (tertiary alicyclic amines) is 1. The number of aliphatic hydroxyl groups is 3. The van der Waals surface area contributed by atoms with Crippen LogP contribution in [0.4, 0.5) is 0 Å². The van der Waals surface area contributed by atoms with Gasteiger partial charge in [0.05, 0.1) is 45.5 Å². The van der Waals surface area contributed by atoms with Crippen molar-refractivity contribution >= 4 is 113 Å². The van der Waals surface area contributed by atoms with Gasteiger partial charge in [0.25, 0.3) is 0 Å². The fraction of sp³-hybridized carbons (Fsp3) is 0.516. The van der Waals surface area contributed by atoms with Gasteiger partial charge in [-0.25, -0.2) is 4.79 Å². The first-order valence-electron chi connectivity index (χ1n) is 33.0. The molecule has 43 nitrogen and oxygen atoms in total. The monoisotopic (exact) mass is 1520 g/mol. The minimum absolute atomic E-state index is 0.0524. The van der Waals surface area contributed by atoms with Crippen molar-refractivity contribution in [1.29, 1.82) is 0 Å². The number of carboxylic acids is 5. The van der Waals surface area contributed by atoms with Crippen LogP contribution in [0.15, 0.2) is 54.6 Å². The van der Waals surface area contributed by atoms with E-state index in [9.17, 15) is 137 Å². The first kappa shape index (κ1) is 89.2. The third-order valence-corrected chi connectivity index (χ3v) is 15.9. The summed E-state index contributed by atoms with van der Waals surface area (Å²) in [6.07, 6.45) is -8.62. The van der Waals surface area contributed by atoms with Crippen molar-refractivity contribution in [3.05, 3.63) is 65.7 Å². The Morgan fingerprint density at radius 3 is 1.20 bits per heavy atom. The number of nitrogens with zero attached hydrogens (tertiary/aromatic N) is 1. The Hall–Kier alpha value is -12.0. The highest BCUT2D eigenvalue weighted by Gasteiger charge is 2.43. The second-order valence-corrected chi connectivity index (χ2v) is 24.9. The first-order valence-corrected chi connectivity index (χ1v) is 33.0. The normalized spacial score (nSPS) is 15.8. The van der Waals surface area contributed by atoms with Gasteiger partial charge in [0.2, 0.25) is 82.7 Å². The Morgan fingerprint density at radius 2 is 0.766 bits per heavy atom. The summed E-state index contributed by atoms with van der Waals surface area (Å²) in [7, 11) is 0. The molecule has 14 amide bonds. The van der Waals surface area contributed by atoms with E-state index >= 15 is 0 Å². The van der Waals surface area contributed by atoms with Crippen LogP contribution in [0.1, 0.15) is 95.6 Å². The molecular weight excluding hydrogens is 1430 g/mol. The van der Waals surface area contributed by atoms with Crippen LogP contribution < -0.4 is 75.7 Å². The lowest BCUT2D eigenvalue weighted by molar-refractivity contribution is -0.147. The molecular formula is C64H89N15O28. The van der Waals surface area contributed by atoms with Crippen molar-refractivity contribution < 1.29 is 137 Å². The van der Waals surface area contributed by atoms with Crippen molar-refractivity contribution in [2.75, 3.05) is 26.4 Å². The summed E-state index contributed by atoms with van der Waals surface area (Å²) >= 11 is 0. The molecule has 43 heteroatoms. The number of amides is 14. The molecule has 0 aromatic heterocycles. The topological polar surface area (TPSA) is 720 Å². The highest BCUT2D eigenvalue weighted by Crippen LogP contribution is 2.21. The summed E-state index contributed by atoms with van der Waals surface area (Å²) in [6.45, 7) is -0.640. The third kappa shape index (κ3) is 31.1. The molecule has 0 spiro atoms. The van der Waals surface area contributed by atoms with E-state index in [1.54, 1.807) is 19.9 Å². The second kappa shape index (κ2) is 44.0. The maximum atomic E-state index is 14.3. The number of hydrogen-bond acceptors (Lipinski definition) is 24. The average Bonchev–Trinajstić information content (AvgIpc) is 1.71. The number of phenols is 1. The molecule has 3 rings (SSSR count). The van der Waals surface area contributed by atoms with Gasteiger partial charge >= 0.3 is 29.8 Å². The van der Waals surface area contributed by atoms with E-state index in [0.717, 1.165) is 0 Å². The second-order valence-electron chi connectivity index (χ2n) is 24.9. The van der Waals surface area contributed by atoms with E-state index in [0.29, 0.717) is 16.0 Å². The maximum Gasteiger partial charge on any atom is 0.326 e. The van der Waals surface area contributed by atoms with E-state index in [1.807, 2.05) is 21.3 Å². The summed E-state index contributed by atoms with van der Waals surface area (Å²) in [5.74, 6) is -26.9. The number of phenolic OH excluding ortho intramolecular Hbond substituents is 1. The van der Waals surface area contributed by atoms with E-state index in [-0.39, 0.29) is 38.0 Å². The molecule has 1 aliphatic rings. The van der Waals surface area contributed by atoms with Crippen LogP contribution in [0, 0.1) is 5.92 Å². The molecule has 2 aromatic carbocycles. The van der Waals surface area contributed by atoms with Crippen molar-refractivity contribution in [1.82, 2.24) is 63.4 Å². The lowest BCUT2D eigenvalue weighted by Crippen LogP contribution is -2.62. The minimum atomic E-state index is -2.23. The zero-order chi connectivity index (χ0) is 80.5. The SMILES string of the molecule is CC(C)C[C@H](NC(=O)[C@H](Cc1ccc(O)cc1)NC(=O)[C@@H](N)CO)C(=O)N[C@@H](CCC(N)=O)C(=O)N[C@@H](CC(=O)O)C(=O)N[C@@H](CO)C(=O)N[C@@H](CC(=O)O)C(=O)N1CCC[C@H]1C(=O)N[C@@H](CC(=O)O)C(=O)N[C@@H](CO)C(=O)N[C@@H](Cc1ccccc1)C(=O)N[C@@H](CCC(N)=O)C(=O)N[C@@H](CC(=O)O)C(=O)O. The molecule has 0 saturated carbocycles. The number of aliphatic hydroxyl groups excluding tert-OH is 3. The quantitative estimate of drug-likeness (QED) is 0.0293. The Bertz CT molecular complexity index is 3570. The van der Waals surface area contributed by atoms with Gasteiger partial charge in [0.15, 0.2) is 0 Å². The van der Waals surface area contributed by atoms with E-state index < -0.39 is 275 Å². The molecule has 1 heterocycles. The molecule has 26 N–H and O–H groups in total. The van der Waals surface area contributed by atoms with Gasteiger partial charge in [-0.2, -0.15) is 0 Å². The zero-order valence-corrected chi connectivity index (χ0v) is 57.8.